The summed E-state index contributed by atoms with van der Waals surface area (Å²) in [4.78, 5) is 20.7. The van der Waals surface area contributed by atoms with Gasteiger partial charge in [-0.3, -0.25) is 4.79 Å². The number of amides is 1. The van der Waals surface area contributed by atoms with Crippen LogP contribution >= 0.6 is 0 Å². The first-order valence-corrected chi connectivity index (χ1v) is 6.75. The molecule has 1 fully saturated rings. The zero-order chi connectivity index (χ0) is 13.9. The molecule has 3 heterocycles. The minimum Gasteiger partial charge on any atom is -0.459 e. The molecule has 1 aliphatic heterocycles. The third-order valence-electron chi connectivity index (χ3n) is 3.50. The number of nitrogens with zero attached hydrogens (tertiary/aromatic N) is 3. The summed E-state index contributed by atoms with van der Waals surface area (Å²) in [5.41, 5.74) is 1.01. The Balaban J connectivity index is 1.64. The van der Waals surface area contributed by atoms with Gasteiger partial charge in [-0.25, -0.2) is 4.98 Å². The number of hydrogen-bond donors (Lipinski definition) is 0. The van der Waals surface area contributed by atoms with Gasteiger partial charge in [0.25, 0.3) is 5.91 Å². The second-order valence-corrected chi connectivity index (χ2v) is 4.89. The van der Waals surface area contributed by atoms with E-state index in [1.165, 1.54) is 6.26 Å². The average Bonchev–Trinajstić information content (AvgIpc) is 3.01. The lowest BCUT2D eigenvalue weighted by Crippen LogP contribution is -2.49. The smallest absolute Gasteiger partial charge is 0.289 e. The molecule has 20 heavy (non-hydrogen) atoms. The van der Waals surface area contributed by atoms with Crippen LogP contribution < -0.4 is 4.90 Å². The van der Waals surface area contributed by atoms with Gasteiger partial charge in [-0.2, -0.15) is 0 Å². The summed E-state index contributed by atoms with van der Waals surface area (Å²) >= 11 is 0. The van der Waals surface area contributed by atoms with Crippen LogP contribution in [0.25, 0.3) is 0 Å². The van der Waals surface area contributed by atoms with E-state index in [-0.39, 0.29) is 5.91 Å². The summed E-state index contributed by atoms with van der Waals surface area (Å²) in [5, 5.41) is 0. The number of aromatic nitrogens is 1. The molecule has 2 aromatic heterocycles. The molecule has 0 N–H and O–H groups in total. The highest BCUT2D eigenvalue weighted by atomic mass is 16.3. The SMILES string of the molecule is Cc1cccc(N2CCN(C(=O)c3ccco3)CC2)n1. The van der Waals surface area contributed by atoms with E-state index in [0.29, 0.717) is 18.8 Å². The maximum Gasteiger partial charge on any atom is 0.289 e. The number of pyridine rings is 1. The summed E-state index contributed by atoms with van der Waals surface area (Å²) in [6.07, 6.45) is 1.53. The molecule has 0 atom stereocenters. The van der Waals surface area contributed by atoms with Gasteiger partial charge < -0.3 is 14.2 Å². The lowest BCUT2D eigenvalue weighted by atomic mass is 10.2. The molecule has 1 amide bonds. The van der Waals surface area contributed by atoms with Crippen LogP contribution in [0.3, 0.4) is 0 Å². The van der Waals surface area contributed by atoms with Crippen LogP contribution in [0.15, 0.2) is 41.0 Å². The van der Waals surface area contributed by atoms with Gasteiger partial charge in [-0.15, -0.1) is 0 Å². The summed E-state index contributed by atoms with van der Waals surface area (Å²) in [6, 6.07) is 9.45. The molecule has 0 saturated carbocycles. The van der Waals surface area contributed by atoms with Gasteiger partial charge in [0.05, 0.1) is 6.26 Å². The normalized spacial score (nSPS) is 15.4. The van der Waals surface area contributed by atoms with Gasteiger partial charge >= 0.3 is 0 Å². The molecule has 0 radical (unpaired) electrons. The highest BCUT2D eigenvalue weighted by Crippen LogP contribution is 2.15. The number of furan rings is 1. The van der Waals surface area contributed by atoms with Gasteiger partial charge in [0.15, 0.2) is 5.76 Å². The van der Waals surface area contributed by atoms with E-state index in [2.05, 4.69) is 9.88 Å². The Morgan fingerprint density at radius 3 is 2.60 bits per heavy atom. The van der Waals surface area contributed by atoms with Crippen molar-refractivity contribution in [3.63, 3.8) is 0 Å². The Morgan fingerprint density at radius 2 is 1.95 bits per heavy atom. The number of anilines is 1. The van der Waals surface area contributed by atoms with Crippen LogP contribution in [-0.2, 0) is 0 Å². The Morgan fingerprint density at radius 1 is 1.15 bits per heavy atom. The van der Waals surface area contributed by atoms with Gasteiger partial charge in [-0.05, 0) is 31.2 Å². The van der Waals surface area contributed by atoms with Crippen LogP contribution in [0, 0.1) is 6.92 Å². The van der Waals surface area contributed by atoms with Gasteiger partial charge in [0.2, 0.25) is 0 Å². The topological polar surface area (TPSA) is 49.6 Å². The summed E-state index contributed by atoms with van der Waals surface area (Å²) in [7, 11) is 0. The van der Waals surface area contributed by atoms with Gasteiger partial charge in [0, 0.05) is 31.9 Å². The Kier molecular flexibility index (Phi) is 3.41. The maximum absolute atomic E-state index is 12.2. The third kappa shape index (κ3) is 2.52. The van der Waals surface area contributed by atoms with E-state index in [0.717, 1.165) is 24.6 Å². The Bertz CT molecular complexity index is 587. The molecule has 0 unspecified atom stereocenters. The van der Waals surface area contributed by atoms with Gasteiger partial charge in [0.1, 0.15) is 5.82 Å². The summed E-state index contributed by atoms with van der Waals surface area (Å²) in [5.74, 6) is 1.36. The fraction of sp³-hybridized carbons (Fsp3) is 0.333. The largest absolute Gasteiger partial charge is 0.459 e. The monoisotopic (exact) mass is 271 g/mol. The first kappa shape index (κ1) is 12.7. The standard InChI is InChI=1S/C15H17N3O2/c1-12-4-2-6-14(16-12)17-7-9-18(10-8-17)15(19)13-5-3-11-20-13/h2-6,11H,7-10H2,1H3. The molecule has 5 nitrogen and oxygen atoms in total. The highest BCUT2D eigenvalue weighted by Gasteiger charge is 2.24. The van der Waals surface area contributed by atoms with Gasteiger partial charge in [-0.1, -0.05) is 6.07 Å². The quantitative estimate of drug-likeness (QED) is 0.837. The lowest BCUT2D eigenvalue weighted by Gasteiger charge is -2.35. The van der Waals surface area contributed by atoms with Crippen molar-refractivity contribution in [2.24, 2.45) is 0 Å². The summed E-state index contributed by atoms with van der Waals surface area (Å²) in [6.45, 7) is 4.95. The molecule has 2 aromatic rings. The molecule has 3 rings (SSSR count). The molecule has 0 bridgehead atoms. The molecule has 104 valence electrons. The molecule has 0 spiro atoms. The molecule has 1 aliphatic rings. The number of hydrogen-bond acceptors (Lipinski definition) is 4. The lowest BCUT2D eigenvalue weighted by molar-refractivity contribution is 0.0714. The molecular weight excluding hydrogens is 254 g/mol. The van der Waals surface area contributed by atoms with Crippen LogP contribution in [0.5, 0.6) is 0 Å². The molecule has 1 saturated heterocycles. The second kappa shape index (κ2) is 5.36. The Labute approximate surface area is 117 Å². The van der Waals surface area contributed by atoms with Crippen LogP contribution in [0.4, 0.5) is 5.82 Å². The van der Waals surface area contributed by atoms with Crippen molar-refractivity contribution in [2.45, 2.75) is 6.92 Å². The van der Waals surface area contributed by atoms with E-state index < -0.39 is 0 Å². The number of carbonyl (C=O) groups is 1. The maximum atomic E-state index is 12.2. The van der Waals surface area contributed by atoms with Crippen molar-refractivity contribution >= 4 is 11.7 Å². The number of carbonyl (C=O) groups excluding carboxylic acids is 1. The second-order valence-electron chi connectivity index (χ2n) is 4.89. The van der Waals surface area contributed by atoms with E-state index in [1.807, 2.05) is 30.0 Å². The fourth-order valence-electron chi connectivity index (χ4n) is 2.40. The van der Waals surface area contributed by atoms with E-state index in [1.54, 1.807) is 12.1 Å². The zero-order valence-corrected chi connectivity index (χ0v) is 11.5. The van der Waals surface area contributed by atoms with Crippen molar-refractivity contribution in [3.8, 4) is 0 Å². The molecular formula is C15H17N3O2. The van der Waals surface area contributed by atoms with Crippen LogP contribution in [0.2, 0.25) is 0 Å². The zero-order valence-electron chi connectivity index (χ0n) is 11.5. The third-order valence-corrected chi connectivity index (χ3v) is 3.50. The molecule has 0 aliphatic carbocycles. The first-order valence-electron chi connectivity index (χ1n) is 6.75. The van der Waals surface area contributed by atoms with Crippen LogP contribution in [-0.4, -0.2) is 42.0 Å². The van der Waals surface area contributed by atoms with E-state index >= 15 is 0 Å². The predicted octanol–water partition coefficient (Wildman–Crippen LogP) is 1.95. The number of rotatable bonds is 2. The van der Waals surface area contributed by atoms with Crippen molar-refractivity contribution in [1.29, 1.82) is 0 Å². The van der Waals surface area contributed by atoms with Crippen molar-refractivity contribution < 1.29 is 9.21 Å². The number of aryl methyl sites for hydroxylation is 1. The first-order chi connectivity index (χ1) is 9.74. The molecule has 5 heteroatoms. The van der Waals surface area contributed by atoms with Crippen molar-refractivity contribution in [3.05, 3.63) is 48.0 Å². The van der Waals surface area contributed by atoms with E-state index in [4.69, 9.17) is 4.42 Å². The minimum atomic E-state index is -0.0353. The van der Waals surface area contributed by atoms with Crippen LogP contribution in [0.1, 0.15) is 16.2 Å². The Hall–Kier alpha value is -2.30. The fourth-order valence-corrected chi connectivity index (χ4v) is 2.40. The van der Waals surface area contributed by atoms with E-state index in [9.17, 15) is 4.79 Å². The summed E-state index contributed by atoms with van der Waals surface area (Å²) < 4.78 is 5.16. The predicted molar refractivity (Wildman–Crippen MR) is 75.8 cm³/mol. The number of piperazine rings is 1. The molecule has 0 aromatic carbocycles. The van der Waals surface area contributed by atoms with Crippen molar-refractivity contribution in [2.75, 3.05) is 31.1 Å². The highest BCUT2D eigenvalue weighted by molar-refractivity contribution is 5.91. The minimum absolute atomic E-state index is 0.0353. The average molecular weight is 271 g/mol. The van der Waals surface area contributed by atoms with Crippen molar-refractivity contribution in [1.82, 2.24) is 9.88 Å².